The number of morpholine rings is 1. The third kappa shape index (κ3) is 6.11. The molecular formula is C33H37N5O6. The second kappa shape index (κ2) is 12.3. The highest BCUT2D eigenvalue weighted by Gasteiger charge is 2.35. The van der Waals surface area contributed by atoms with Crippen molar-refractivity contribution in [3.8, 4) is 22.8 Å². The fourth-order valence-electron chi connectivity index (χ4n) is 5.68. The van der Waals surface area contributed by atoms with Gasteiger partial charge in [0.2, 0.25) is 5.91 Å². The van der Waals surface area contributed by atoms with E-state index in [4.69, 9.17) is 18.9 Å². The van der Waals surface area contributed by atoms with Gasteiger partial charge >= 0.3 is 5.97 Å². The van der Waals surface area contributed by atoms with Gasteiger partial charge in [-0.25, -0.2) is 14.8 Å². The van der Waals surface area contributed by atoms with Crippen molar-refractivity contribution < 1.29 is 28.5 Å². The molecule has 2 aromatic heterocycles. The largest absolute Gasteiger partial charge is 0.493 e. The highest BCUT2D eigenvalue weighted by atomic mass is 16.6. The first-order valence-corrected chi connectivity index (χ1v) is 14.8. The zero-order chi connectivity index (χ0) is 30.8. The standard InChI is InChI=1S/C33H37N5O6/c1-33(2,3)44-32(40)22-8-9-34-29(22)20-6-7-21-25(16-20)37-31(39)28(21)30-23-17-26(41-4)27(18-24(23)35-19-36-30)43-13-5-10-38-11-14-42-15-12-38/h6-9,16-19,28,34H,5,10-15H2,1-4H3,(H,37,39). The van der Waals surface area contributed by atoms with Gasteiger partial charge in [-0.2, -0.15) is 0 Å². The fourth-order valence-corrected chi connectivity index (χ4v) is 5.68. The fraction of sp³-hybridized carbons (Fsp3) is 0.394. The van der Waals surface area contributed by atoms with E-state index in [1.165, 1.54) is 6.33 Å². The summed E-state index contributed by atoms with van der Waals surface area (Å²) in [6, 6.07) is 11.0. The van der Waals surface area contributed by atoms with Crippen LogP contribution in [0.2, 0.25) is 0 Å². The van der Waals surface area contributed by atoms with E-state index in [-0.39, 0.29) is 5.91 Å². The number of carbonyl (C=O) groups excluding carboxylic acids is 2. The van der Waals surface area contributed by atoms with Crippen LogP contribution < -0.4 is 14.8 Å². The molecule has 2 aliphatic heterocycles. The molecule has 11 heteroatoms. The number of amides is 1. The molecule has 230 valence electrons. The second-order valence-electron chi connectivity index (χ2n) is 11.9. The summed E-state index contributed by atoms with van der Waals surface area (Å²) in [6.45, 7) is 10.4. The number of methoxy groups -OCH3 is 1. The number of nitrogens with zero attached hydrogens (tertiary/aromatic N) is 3. The van der Waals surface area contributed by atoms with E-state index in [0.717, 1.165) is 50.4 Å². The predicted molar refractivity (Wildman–Crippen MR) is 165 cm³/mol. The number of benzene rings is 2. The Hall–Kier alpha value is -4.48. The molecular weight excluding hydrogens is 562 g/mol. The lowest BCUT2D eigenvalue weighted by molar-refractivity contribution is -0.116. The van der Waals surface area contributed by atoms with Gasteiger partial charge in [0, 0.05) is 48.5 Å². The first-order chi connectivity index (χ1) is 21.2. The minimum Gasteiger partial charge on any atom is -0.493 e. The minimum atomic E-state index is -0.650. The van der Waals surface area contributed by atoms with E-state index in [0.29, 0.717) is 51.6 Å². The summed E-state index contributed by atoms with van der Waals surface area (Å²) >= 11 is 0. The van der Waals surface area contributed by atoms with Crippen LogP contribution in [0.5, 0.6) is 11.5 Å². The number of nitrogens with one attached hydrogen (secondary N) is 2. The van der Waals surface area contributed by atoms with E-state index in [1.54, 1.807) is 19.4 Å². The van der Waals surface area contributed by atoms with Gasteiger partial charge < -0.3 is 29.2 Å². The first kappa shape index (κ1) is 29.6. The SMILES string of the molecule is COc1cc2c(C3C(=O)Nc4cc(-c5[nH]ccc5C(=O)OC(C)(C)C)ccc43)ncnc2cc1OCCCN1CCOCC1. The Bertz CT molecular complexity index is 1690. The molecule has 1 atom stereocenters. The summed E-state index contributed by atoms with van der Waals surface area (Å²) in [4.78, 5) is 40.8. The lowest BCUT2D eigenvalue weighted by atomic mass is 9.92. The quantitative estimate of drug-likeness (QED) is 0.206. The van der Waals surface area contributed by atoms with Gasteiger partial charge in [-0.15, -0.1) is 0 Å². The molecule has 2 aliphatic rings. The van der Waals surface area contributed by atoms with Crippen molar-refractivity contribution >= 4 is 28.5 Å². The van der Waals surface area contributed by atoms with Crippen LogP contribution in [0.1, 0.15) is 54.7 Å². The monoisotopic (exact) mass is 599 g/mol. The molecule has 1 amide bonds. The molecule has 0 spiro atoms. The molecule has 0 aliphatic carbocycles. The Kier molecular flexibility index (Phi) is 8.24. The van der Waals surface area contributed by atoms with Gasteiger partial charge in [-0.05, 0) is 51.0 Å². The van der Waals surface area contributed by atoms with Gasteiger partial charge in [0.25, 0.3) is 0 Å². The number of rotatable bonds is 9. The number of aromatic nitrogens is 3. The van der Waals surface area contributed by atoms with Crippen LogP contribution in [-0.4, -0.2) is 83.9 Å². The van der Waals surface area contributed by atoms with Crippen molar-refractivity contribution in [3.63, 3.8) is 0 Å². The van der Waals surface area contributed by atoms with Gasteiger partial charge in [0.05, 0.1) is 49.4 Å². The molecule has 0 saturated carbocycles. The van der Waals surface area contributed by atoms with Crippen molar-refractivity contribution in [2.75, 3.05) is 51.9 Å². The van der Waals surface area contributed by atoms with Gasteiger partial charge in [0.1, 0.15) is 17.8 Å². The number of ether oxygens (including phenoxy) is 4. The predicted octanol–water partition coefficient (Wildman–Crippen LogP) is 4.77. The summed E-state index contributed by atoms with van der Waals surface area (Å²) in [5, 5.41) is 3.71. The molecule has 0 radical (unpaired) electrons. The minimum absolute atomic E-state index is 0.196. The summed E-state index contributed by atoms with van der Waals surface area (Å²) in [6.07, 6.45) is 4.04. The third-order valence-corrected chi connectivity index (χ3v) is 7.74. The molecule has 2 aromatic carbocycles. The van der Waals surface area contributed by atoms with Crippen molar-refractivity contribution in [1.82, 2.24) is 19.9 Å². The summed E-state index contributed by atoms with van der Waals surface area (Å²) in [5.74, 6) is -0.116. The zero-order valence-corrected chi connectivity index (χ0v) is 25.4. The second-order valence-corrected chi connectivity index (χ2v) is 11.9. The highest BCUT2D eigenvalue weighted by Crippen LogP contribution is 2.42. The van der Waals surface area contributed by atoms with E-state index in [1.807, 2.05) is 51.1 Å². The van der Waals surface area contributed by atoms with Crippen LogP contribution in [0.15, 0.2) is 48.9 Å². The van der Waals surface area contributed by atoms with Crippen molar-refractivity contribution in [1.29, 1.82) is 0 Å². The molecule has 6 rings (SSSR count). The normalized spacial score (nSPS) is 16.9. The number of esters is 1. The molecule has 4 heterocycles. The van der Waals surface area contributed by atoms with Crippen LogP contribution in [0.25, 0.3) is 22.2 Å². The molecule has 0 bridgehead atoms. The van der Waals surface area contributed by atoms with Crippen molar-refractivity contribution in [3.05, 3.63) is 65.7 Å². The average molecular weight is 600 g/mol. The Balaban J connectivity index is 1.25. The summed E-state index contributed by atoms with van der Waals surface area (Å²) in [5.41, 5.74) is 3.84. The third-order valence-electron chi connectivity index (χ3n) is 7.74. The van der Waals surface area contributed by atoms with Crippen LogP contribution in [0, 0.1) is 0 Å². The van der Waals surface area contributed by atoms with Gasteiger partial charge in [-0.3, -0.25) is 9.69 Å². The van der Waals surface area contributed by atoms with E-state index in [9.17, 15) is 9.59 Å². The van der Waals surface area contributed by atoms with Crippen LogP contribution in [-0.2, 0) is 14.3 Å². The maximum Gasteiger partial charge on any atom is 0.340 e. The van der Waals surface area contributed by atoms with E-state index >= 15 is 0 Å². The Morgan fingerprint density at radius 3 is 2.68 bits per heavy atom. The van der Waals surface area contributed by atoms with Gasteiger partial charge in [-0.1, -0.05) is 12.1 Å². The number of hydrogen-bond donors (Lipinski definition) is 2. The molecule has 1 fully saturated rings. The lowest BCUT2D eigenvalue weighted by Crippen LogP contribution is -2.37. The van der Waals surface area contributed by atoms with Crippen molar-refractivity contribution in [2.45, 2.75) is 38.7 Å². The topological polar surface area (TPSA) is 128 Å². The van der Waals surface area contributed by atoms with Crippen LogP contribution in [0.3, 0.4) is 0 Å². The Morgan fingerprint density at radius 2 is 1.91 bits per heavy atom. The summed E-state index contributed by atoms with van der Waals surface area (Å²) in [7, 11) is 1.59. The maximum absolute atomic E-state index is 13.4. The smallest absolute Gasteiger partial charge is 0.340 e. The van der Waals surface area contributed by atoms with Crippen LogP contribution in [0.4, 0.5) is 5.69 Å². The molecule has 1 saturated heterocycles. The van der Waals surface area contributed by atoms with E-state index < -0.39 is 17.5 Å². The number of anilines is 1. The highest BCUT2D eigenvalue weighted by molar-refractivity contribution is 6.07. The molecule has 11 nitrogen and oxygen atoms in total. The average Bonchev–Trinajstić information content (AvgIpc) is 3.62. The Morgan fingerprint density at radius 1 is 1.09 bits per heavy atom. The van der Waals surface area contributed by atoms with Crippen molar-refractivity contribution in [2.24, 2.45) is 0 Å². The number of fused-ring (bicyclic) bond motifs is 2. The van der Waals surface area contributed by atoms with Crippen LogP contribution >= 0.6 is 0 Å². The number of aromatic amines is 1. The van der Waals surface area contributed by atoms with E-state index in [2.05, 4.69) is 25.2 Å². The van der Waals surface area contributed by atoms with Gasteiger partial charge in [0.15, 0.2) is 11.5 Å². The maximum atomic E-state index is 13.4. The molecule has 2 N–H and O–H groups in total. The number of hydrogen-bond acceptors (Lipinski definition) is 9. The summed E-state index contributed by atoms with van der Waals surface area (Å²) < 4.78 is 22.8. The number of H-pyrrole nitrogens is 1. The zero-order valence-electron chi connectivity index (χ0n) is 25.4. The lowest BCUT2D eigenvalue weighted by Gasteiger charge is -2.26. The molecule has 44 heavy (non-hydrogen) atoms. The molecule has 4 aromatic rings. The number of carbonyl (C=O) groups is 2. The molecule has 1 unspecified atom stereocenters. The Labute approximate surface area is 255 Å². The first-order valence-electron chi connectivity index (χ1n) is 14.8.